The number of rotatable bonds is 4. The molecule has 86 valence electrons. The van der Waals surface area contributed by atoms with Gasteiger partial charge in [0.15, 0.2) is 0 Å². The van der Waals surface area contributed by atoms with Crippen LogP contribution in [0.3, 0.4) is 0 Å². The van der Waals surface area contributed by atoms with E-state index in [4.69, 9.17) is 4.74 Å². The third-order valence-corrected chi connectivity index (χ3v) is 3.28. The number of halogens is 1. The van der Waals surface area contributed by atoms with Crippen molar-refractivity contribution in [2.75, 3.05) is 13.7 Å². The van der Waals surface area contributed by atoms with Crippen molar-refractivity contribution in [3.05, 3.63) is 34.4 Å². The smallest absolute Gasteiger partial charge is 0.0494 e. The maximum atomic E-state index is 5.08. The fourth-order valence-electron chi connectivity index (χ4n) is 2.01. The zero-order valence-corrected chi connectivity index (χ0v) is 11.3. The summed E-state index contributed by atoms with van der Waals surface area (Å²) in [5, 5.41) is 1.33. The maximum absolute atomic E-state index is 5.08. The van der Waals surface area contributed by atoms with Gasteiger partial charge in [-0.15, -0.1) is 0 Å². The number of aryl methyl sites for hydroxylation is 2. The third-order valence-electron chi connectivity index (χ3n) is 2.79. The van der Waals surface area contributed by atoms with Crippen molar-refractivity contribution < 1.29 is 4.74 Å². The monoisotopic (exact) mass is 281 g/mol. The molecule has 0 aliphatic heterocycles. The van der Waals surface area contributed by atoms with Crippen molar-refractivity contribution in [3.8, 4) is 0 Å². The molecule has 0 spiro atoms. The Bertz CT molecular complexity index is 490. The van der Waals surface area contributed by atoms with E-state index in [-0.39, 0.29) is 0 Å². The van der Waals surface area contributed by atoms with Gasteiger partial charge in [0, 0.05) is 41.8 Å². The summed E-state index contributed by atoms with van der Waals surface area (Å²) in [6.07, 6.45) is 3.26. The Hall–Kier alpha value is -0.800. The van der Waals surface area contributed by atoms with E-state index in [1.54, 1.807) is 7.11 Å². The first kappa shape index (κ1) is 11.7. The Kier molecular flexibility index (Phi) is 3.66. The van der Waals surface area contributed by atoms with Crippen LogP contribution in [-0.2, 0) is 11.3 Å². The van der Waals surface area contributed by atoms with Crippen molar-refractivity contribution in [2.45, 2.75) is 19.9 Å². The van der Waals surface area contributed by atoms with E-state index < -0.39 is 0 Å². The van der Waals surface area contributed by atoms with E-state index in [0.717, 1.165) is 24.0 Å². The topological polar surface area (TPSA) is 14.2 Å². The Morgan fingerprint density at radius 2 is 2.19 bits per heavy atom. The highest BCUT2D eigenvalue weighted by Crippen LogP contribution is 2.24. The van der Waals surface area contributed by atoms with Gasteiger partial charge in [-0.2, -0.15) is 0 Å². The zero-order valence-electron chi connectivity index (χ0n) is 9.66. The van der Waals surface area contributed by atoms with E-state index in [1.165, 1.54) is 16.5 Å². The Morgan fingerprint density at radius 3 is 2.94 bits per heavy atom. The summed E-state index contributed by atoms with van der Waals surface area (Å²) in [4.78, 5) is 0. The number of benzene rings is 1. The van der Waals surface area contributed by atoms with Gasteiger partial charge >= 0.3 is 0 Å². The molecule has 0 saturated heterocycles. The number of fused-ring (bicyclic) bond motifs is 1. The largest absolute Gasteiger partial charge is 0.385 e. The first-order chi connectivity index (χ1) is 7.72. The van der Waals surface area contributed by atoms with Gasteiger partial charge in [0.25, 0.3) is 0 Å². The number of hydrogen-bond acceptors (Lipinski definition) is 1. The average molecular weight is 282 g/mol. The number of hydrogen-bond donors (Lipinski definition) is 0. The van der Waals surface area contributed by atoms with Gasteiger partial charge in [-0.1, -0.05) is 22.0 Å². The van der Waals surface area contributed by atoms with E-state index in [0.29, 0.717) is 0 Å². The second kappa shape index (κ2) is 5.02. The summed E-state index contributed by atoms with van der Waals surface area (Å²) in [5.74, 6) is 0. The molecular weight excluding hydrogens is 266 g/mol. The molecule has 0 aliphatic rings. The number of nitrogens with zero attached hydrogens (tertiary/aromatic N) is 1. The van der Waals surface area contributed by atoms with Gasteiger partial charge in [-0.3, -0.25) is 0 Å². The van der Waals surface area contributed by atoms with Gasteiger partial charge in [0.2, 0.25) is 0 Å². The van der Waals surface area contributed by atoms with Crippen LogP contribution >= 0.6 is 15.9 Å². The molecule has 1 aromatic carbocycles. The van der Waals surface area contributed by atoms with Crippen molar-refractivity contribution >= 4 is 26.8 Å². The van der Waals surface area contributed by atoms with E-state index >= 15 is 0 Å². The minimum absolute atomic E-state index is 0.812. The molecule has 16 heavy (non-hydrogen) atoms. The predicted octanol–water partition coefficient (Wildman–Crippen LogP) is 3.75. The maximum Gasteiger partial charge on any atom is 0.0494 e. The van der Waals surface area contributed by atoms with Crippen LogP contribution in [-0.4, -0.2) is 18.3 Å². The lowest BCUT2D eigenvalue weighted by Crippen LogP contribution is -1.99. The van der Waals surface area contributed by atoms with Crippen molar-refractivity contribution in [2.24, 2.45) is 0 Å². The number of ether oxygens (including phenoxy) is 1. The first-order valence-corrected chi connectivity index (χ1v) is 6.25. The highest BCUT2D eigenvalue weighted by Gasteiger charge is 2.05. The lowest BCUT2D eigenvalue weighted by Gasteiger charge is -2.04. The van der Waals surface area contributed by atoms with Crippen LogP contribution in [0.25, 0.3) is 10.9 Å². The van der Waals surface area contributed by atoms with E-state index in [1.807, 2.05) is 0 Å². The molecule has 0 saturated carbocycles. The summed E-state index contributed by atoms with van der Waals surface area (Å²) in [5.41, 5.74) is 2.63. The van der Waals surface area contributed by atoms with Crippen LogP contribution in [0.4, 0.5) is 0 Å². The quantitative estimate of drug-likeness (QED) is 0.779. The molecule has 0 bridgehead atoms. The molecular formula is C13H16BrNO. The van der Waals surface area contributed by atoms with Crippen LogP contribution in [0.5, 0.6) is 0 Å². The second-order valence-corrected chi connectivity index (χ2v) is 4.93. The Balaban J connectivity index is 2.33. The first-order valence-electron chi connectivity index (χ1n) is 5.46. The molecule has 2 rings (SSSR count). The summed E-state index contributed by atoms with van der Waals surface area (Å²) < 4.78 is 8.51. The van der Waals surface area contributed by atoms with Gasteiger partial charge in [0.1, 0.15) is 0 Å². The van der Waals surface area contributed by atoms with Gasteiger partial charge in [-0.25, -0.2) is 0 Å². The standard InChI is InChI=1S/C13H16BrNO/c1-10-9-15(6-3-7-16-2)13-8-11(14)4-5-12(10)13/h4-5,8-9H,3,6-7H2,1-2H3. The lowest BCUT2D eigenvalue weighted by atomic mass is 10.2. The third kappa shape index (κ3) is 2.30. The van der Waals surface area contributed by atoms with Crippen LogP contribution in [0.15, 0.2) is 28.9 Å². The summed E-state index contributed by atoms with van der Waals surface area (Å²) in [7, 11) is 1.75. The van der Waals surface area contributed by atoms with Crippen LogP contribution in [0, 0.1) is 6.92 Å². The van der Waals surface area contributed by atoms with Gasteiger partial charge in [0.05, 0.1) is 0 Å². The molecule has 1 aromatic heterocycles. The molecule has 3 heteroatoms. The van der Waals surface area contributed by atoms with Crippen LogP contribution < -0.4 is 0 Å². The molecule has 2 aromatic rings. The molecule has 0 unspecified atom stereocenters. The lowest BCUT2D eigenvalue weighted by molar-refractivity contribution is 0.190. The molecule has 0 radical (unpaired) electrons. The SMILES string of the molecule is COCCCn1cc(C)c2ccc(Br)cc21. The molecule has 0 aliphatic carbocycles. The average Bonchev–Trinajstić information content (AvgIpc) is 2.56. The van der Waals surface area contributed by atoms with E-state index in [2.05, 4.69) is 51.8 Å². The normalized spacial score (nSPS) is 11.2. The van der Waals surface area contributed by atoms with Crippen LogP contribution in [0.2, 0.25) is 0 Å². The fourth-order valence-corrected chi connectivity index (χ4v) is 2.36. The predicted molar refractivity (Wildman–Crippen MR) is 70.9 cm³/mol. The van der Waals surface area contributed by atoms with Gasteiger partial charge < -0.3 is 9.30 Å². The van der Waals surface area contributed by atoms with E-state index in [9.17, 15) is 0 Å². The van der Waals surface area contributed by atoms with Gasteiger partial charge in [-0.05, 0) is 31.0 Å². The van der Waals surface area contributed by atoms with Crippen molar-refractivity contribution in [1.29, 1.82) is 0 Å². The fraction of sp³-hybridized carbons (Fsp3) is 0.385. The minimum atomic E-state index is 0.812. The molecule has 2 nitrogen and oxygen atoms in total. The molecule has 0 amide bonds. The highest BCUT2D eigenvalue weighted by atomic mass is 79.9. The molecule has 0 atom stereocenters. The number of methoxy groups -OCH3 is 1. The van der Waals surface area contributed by atoms with Crippen LogP contribution in [0.1, 0.15) is 12.0 Å². The summed E-state index contributed by atoms with van der Waals surface area (Å²) in [6.45, 7) is 3.98. The van der Waals surface area contributed by atoms with Crippen molar-refractivity contribution in [1.82, 2.24) is 4.57 Å². The zero-order chi connectivity index (χ0) is 11.5. The summed E-state index contributed by atoms with van der Waals surface area (Å²) >= 11 is 3.52. The molecule has 0 N–H and O–H groups in total. The van der Waals surface area contributed by atoms with Crippen molar-refractivity contribution in [3.63, 3.8) is 0 Å². The molecule has 0 fully saturated rings. The molecule has 1 heterocycles. The number of aromatic nitrogens is 1. The highest BCUT2D eigenvalue weighted by molar-refractivity contribution is 9.10. The summed E-state index contributed by atoms with van der Waals surface area (Å²) in [6, 6.07) is 6.44. The minimum Gasteiger partial charge on any atom is -0.385 e. The Labute approximate surface area is 104 Å². The second-order valence-electron chi connectivity index (χ2n) is 4.01. The Morgan fingerprint density at radius 1 is 1.38 bits per heavy atom.